The van der Waals surface area contributed by atoms with E-state index in [1.165, 1.54) is 17.4 Å². The quantitative estimate of drug-likeness (QED) is 0.151. The van der Waals surface area contributed by atoms with E-state index in [1.807, 2.05) is 34.6 Å². The van der Waals surface area contributed by atoms with Gasteiger partial charge in [-0.25, -0.2) is 0 Å². The first-order valence-electron chi connectivity index (χ1n) is 19.7. The van der Waals surface area contributed by atoms with Crippen molar-refractivity contribution in [3.05, 3.63) is 93.2 Å². The second kappa shape index (κ2) is 14.7. The molecule has 2 aliphatic heterocycles. The summed E-state index contributed by atoms with van der Waals surface area (Å²) in [6.07, 6.45) is 9.69. The molecule has 1 unspecified atom stereocenters. The number of thiophene rings is 1. The number of hydrogen-bond acceptors (Lipinski definition) is 7. The fraction of sp³-hybridized carbons (Fsp3) is 0.488. The molecule has 6 aliphatic rings. The molecule has 0 radical (unpaired) electrons. The molecule has 5 amide bonds. The maximum absolute atomic E-state index is 15.5. The Labute approximate surface area is 325 Å². The number of fused-ring (bicyclic) bond motifs is 2. The van der Waals surface area contributed by atoms with Gasteiger partial charge in [-0.2, -0.15) is 0 Å². The van der Waals surface area contributed by atoms with Gasteiger partial charge in [0, 0.05) is 19.0 Å². The second-order valence-electron chi connectivity index (χ2n) is 16.4. The number of amides is 5. The first kappa shape index (κ1) is 37.1. The molecule has 5 atom stereocenters. The summed E-state index contributed by atoms with van der Waals surface area (Å²) < 4.78 is 0. The second-order valence-corrected chi connectivity index (χ2v) is 17.3. The molecule has 8 rings (SSSR count). The van der Waals surface area contributed by atoms with Crippen LogP contribution in [0.5, 0.6) is 0 Å². The lowest BCUT2D eigenvalue weighted by atomic mass is 9.66. The summed E-state index contributed by atoms with van der Waals surface area (Å²) in [5, 5.41) is 10.4. The zero-order chi connectivity index (χ0) is 38.6. The fourth-order valence-corrected chi connectivity index (χ4v) is 10.6. The summed E-state index contributed by atoms with van der Waals surface area (Å²) in [6.45, 7) is 8.14. The molecule has 1 saturated carbocycles. The summed E-state index contributed by atoms with van der Waals surface area (Å²) in [6, 6.07) is 8.09. The van der Waals surface area contributed by atoms with Crippen LogP contribution in [0, 0.1) is 17.8 Å². The Morgan fingerprint density at radius 3 is 2.35 bits per heavy atom. The number of nitrogens with zero attached hydrogens (tertiary/aromatic N) is 2. The van der Waals surface area contributed by atoms with Gasteiger partial charge in [-0.1, -0.05) is 86.7 Å². The van der Waals surface area contributed by atoms with Gasteiger partial charge < -0.3 is 25.8 Å². The lowest BCUT2D eigenvalue weighted by Gasteiger charge is -2.62. The number of rotatable bonds is 14. The van der Waals surface area contributed by atoms with E-state index in [-0.39, 0.29) is 55.0 Å². The number of Topliss-reactive ketones (excluding diaryl/α,β-unsaturated/α-hetero) is 1. The van der Waals surface area contributed by atoms with Crippen LogP contribution in [-0.4, -0.2) is 87.9 Å². The summed E-state index contributed by atoms with van der Waals surface area (Å²) in [4.78, 5) is 88.2. The van der Waals surface area contributed by atoms with E-state index in [1.54, 1.807) is 11.0 Å². The Kier molecular flexibility index (Phi) is 9.90. The van der Waals surface area contributed by atoms with Crippen LogP contribution in [-0.2, 0) is 36.8 Å². The third-order valence-electron chi connectivity index (χ3n) is 12.7. The van der Waals surface area contributed by atoms with Crippen LogP contribution in [0.2, 0.25) is 0 Å². The molecule has 3 N–H and O–H groups in total. The number of carbonyl (C=O) groups is 6. The lowest BCUT2D eigenvalue weighted by molar-refractivity contribution is -0.183. The van der Waals surface area contributed by atoms with E-state index in [0.29, 0.717) is 30.6 Å². The molecular formula is C43H49N5O6S. The third-order valence-corrected chi connectivity index (χ3v) is 13.6. The molecule has 1 spiro atoms. The van der Waals surface area contributed by atoms with Crippen LogP contribution in [0.25, 0.3) is 0 Å². The van der Waals surface area contributed by atoms with Gasteiger partial charge in [0.1, 0.15) is 24.2 Å². The molecule has 3 heterocycles. The van der Waals surface area contributed by atoms with Gasteiger partial charge in [0.25, 0.3) is 11.8 Å². The summed E-state index contributed by atoms with van der Waals surface area (Å²) in [7, 11) is 0. The van der Waals surface area contributed by atoms with Crippen LogP contribution >= 0.6 is 11.3 Å². The highest BCUT2D eigenvalue weighted by molar-refractivity contribution is 7.12. The molecule has 12 heteroatoms. The van der Waals surface area contributed by atoms with Crippen molar-refractivity contribution in [2.45, 2.75) is 101 Å². The van der Waals surface area contributed by atoms with Crippen molar-refractivity contribution >= 4 is 46.7 Å². The predicted molar refractivity (Wildman–Crippen MR) is 208 cm³/mol. The van der Waals surface area contributed by atoms with Crippen LogP contribution < -0.4 is 16.0 Å². The Balaban J connectivity index is 1.13. The van der Waals surface area contributed by atoms with Crippen LogP contribution in [0.1, 0.15) is 79.6 Å². The zero-order valence-electron chi connectivity index (χ0n) is 31.5. The van der Waals surface area contributed by atoms with Gasteiger partial charge in [-0.15, -0.1) is 17.9 Å². The molecule has 2 aromatic rings. The topological polar surface area (TPSA) is 145 Å². The largest absolute Gasteiger partial charge is 0.346 e. The average molecular weight is 764 g/mol. The highest BCUT2D eigenvalue weighted by Gasteiger charge is 2.66. The normalized spacial score (nSPS) is 24.4. The fourth-order valence-electron chi connectivity index (χ4n) is 10.0. The minimum Gasteiger partial charge on any atom is -0.346 e. The van der Waals surface area contributed by atoms with Crippen molar-refractivity contribution in [1.82, 2.24) is 25.8 Å². The monoisotopic (exact) mass is 763 g/mol. The minimum atomic E-state index is -1.08. The molecule has 1 aromatic carbocycles. The van der Waals surface area contributed by atoms with E-state index in [2.05, 4.69) is 48.5 Å². The van der Waals surface area contributed by atoms with Gasteiger partial charge in [-0.3, -0.25) is 28.8 Å². The van der Waals surface area contributed by atoms with E-state index in [9.17, 15) is 24.0 Å². The van der Waals surface area contributed by atoms with E-state index in [0.717, 1.165) is 53.5 Å². The molecule has 4 aliphatic carbocycles. The number of allylic oxidation sites excluding steroid dienone is 1. The lowest BCUT2D eigenvalue weighted by Crippen LogP contribution is -2.83. The zero-order valence-corrected chi connectivity index (χ0v) is 32.3. The highest BCUT2D eigenvalue weighted by atomic mass is 32.1. The number of benzene rings is 1. The van der Waals surface area contributed by atoms with Gasteiger partial charge in [0.05, 0.1) is 10.4 Å². The van der Waals surface area contributed by atoms with Gasteiger partial charge in [0.15, 0.2) is 0 Å². The Bertz CT molecular complexity index is 1990. The molecular weight excluding hydrogens is 715 g/mol. The number of nitrogens with one attached hydrogen (secondary N) is 3. The van der Waals surface area contributed by atoms with Gasteiger partial charge >= 0.3 is 0 Å². The Morgan fingerprint density at radius 2 is 1.73 bits per heavy atom. The SMILES string of the molecule is C=CCNC(=O)C(=O)C(CC1=CC1)NC(=O)[C@@H]1[C@@H]2C(=C2C(C)C)CN1C(=O)[C@H](C1Cc2ccccc2C1)N1C(=O)[C@@H](NC(=O)c2cccs2)C12CCCCC2. The molecule has 11 nitrogen and oxygen atoms in total. The first-order valence-corrected chi connectivity index (χ1v) is 20.6. The highest BCUT2D eigenvalue weighted by Crippen LogP contribution is 2.54. The van der Waals surface area contributed by atoms with E-state index < -0.39 is 47.3 Å². The van der Waals surface area contributed by atoms with Gasteiger partial charge in [0.2, 0.25) is 23.5 Å². The first-order chi connectivity index (χ1) is 26.5. The Hall–Kier alpha value is -4.84. The van der Waals surface area contributed by atoms with Crippen molar-refractivity contribution in [3.8, 4) is 0 Å². The van der Waals surface area contributed by atoms with Crippen molar-refractivity contribution in [1.29, 1.82) is 0 Å². The number of hydrogen-bond donors (Lipinski definition) is 3. The molecule has 0 bridgehead atoms. The van der Waals surface area contributed by atoms with E-state index in [4.69, 9.17) is 0 Å². The number of β-lactam (4-membered cyclic amide) rings is 1. The standard InChI is InChI=1S/C43H49N5O6S/c1-4-18-44-40(52)36(49)30(20-25-14-15-25)45-39(51)35-33-29(32(33)24(2)3)23-47(35)41(53)34(28-21-26-11-6-7-12-27(26)22-28)48-42(54)37(43(48)16-8-5-9-17-43)46-38(50)31-13-10-19-55-31/h4,6-7,10-14,19,24,28,30,33-35,37H,1,5,8-9,15-18,20-23H2,2-3H3,(H,44,52)(H,45,51)(H,46,50)/t30?,33-,34+,35+,37-/m1/s1. The van der Waals surface area contributed by atoms with Crippen LogP contribution in [0.4, 0.5) is 0 Å². The summed E-state index contributed by atoms with van der Waals surface area (Å²) >= 11 is 1.32. The number of likely N-dealkylation sites (tertiary alicyclic amines) is 2. The van der Waals surface area contributed by atoms with E-state index >= 15 is 4.79 Å². The van der Waals surface area contributed by atoms with Crippen LogP contribution in [0.3, 0.4) is 0 Å². The maximum atomic E-state index is 15.5. The minimum absolute atomic E-state index is 0.119. The summed E-state index contributed by atoms with van der Waals surface area (Å²) in [5.74, 6) is -3.17. The van der Waals surface area contributed by atoms with Crippen LogP contribution in [0.15, 0.2) is 77.2 Å². The molecule has 2 saturated heterocycles. The molecule has 1 aromatic heterocycles. The molecule has 3 fully saturated rings. The number of ketones is 1. The van der Waals surface area contributed by atoms with Crippen molar-refractivity contribution in [3.63, 3.8) is 0 Å². The van der Waals surface area contributed by atoms with Gasteiger partial charge in [-0.05, 0) is 78.5 Å². The number of carbonyl (C=O) groups excluding carboxylic acids is 6. The maximum Gasteiger partial charge on any atom is 0.289 e. The Morgan fingerprint density at radius 1 is 1.02 bits per heavy atom. The van der Waals surface area contributed by atoms with Crippen molar-refractivity contribution in [2.24, 2.45) is 17.8 Å². The van der Waals surface area contributed by atoms with Crippen molar-refractivity contribution in [2.75, 3.05) is 13.1 Å². The average Bonchev–Trinajstić information content (AvgIpc) is 3.91. The third kappa shape index (κ3) is 6.66. The molecule has 288 valence electrons. The smallest absolute Gasteiger partial charge is 0.289 e. The molecule has 55 heavy (non-hydrogen) atoms. The summed E-state index contributed by atoms with van der Waals surface area (Å²) in [5.41, 5.74) is 4.74. The predicted octanol–water partition coefficient (Wildman–Crippen LogP) is 4.04. The van der Waals surface area contributed by atoms with Crippen molar-refractivity contribution < 1.29 is 28.8 Å².